The smallest absolute Gasteiger partial charge is 0.241 e. The maximum absolute atomic E-state index is 12.1. The lowest BCUT2D eigenvalue weighted by Crippen LogP contribution is -2.33. The van der Waals surface area contributed by atoms with E-state index in [0.717, 1.165) is 5.56 Å². The number of hydrogen-bond acceptors (Lipinski definition) is 3. The summed E-state index contributed by atoms with van der Waals surface area (Å²) >= 11 is 11.9. The van der Waals surface area contributed by atoms with E-state index >= 15 is 0 Å². The van der Waals surface area contributed by atoms with E-state index < -0.39 is 22.5 Å². The molecule has 1 amide bonds. The Labute approximate surface area is 144 Å². The lowest BCUT2D eigenvalue weighted by atomic mass is 10.2. The summed E-state index contributed by atoms with van der Waals surface area (Å²) in [7, 11) is -3.77. The summed E-state index contributed by atoms with van der Waals surface area (Å²) < 4.78 is 26.5. The first-order valence-corrected chi connectivity index (χ1v) is 8.84. The molecule has 0 saturated heterocycles. The number of para-hydroxylation sites is 1. The Morgan fingerprint density at radius 2 is 1.70 bits per heavy atom. The van der Waals surface area contributed by atoms with Crippen molar-refractivity contribution < 1.29 is 13.2 Å². The number of sulfonamides is 1. The topological polar surface area (TPSA) is 75.3 Å². The van der Waals surface area contributed by atoms with E-state index in [1.807, 2.05) is 0 Å². The third-order valence-corrected chi connectivity index (χ3v) is 4.98. The molecule has 0 aliphatic rings. The highest BCUT2D eigenvalue weighted by Crippen LogP contribution is 2.29. The van der Waals surface area contributed by atoms with E-state index in [2.05, 4.69) is 10.0 Å². The van der Waals surface area contributed by atoms with Crippen LogP contribution >= 0.6 is 23.2 Å². The molecule has 0 aliphatic heterocycles. The van der Waals surface area contributed by atoms with Crippen LogP contribution in [0, 0.1) is 6.92 Å². The fraction of sp³-hybridized carbons (Fsp3) is 0.133. The molecule has 0 atom stereocenters. The van der Waals surface area contributed by atoms with Crippen LogP contribution in [0.5, 0.6) is 0 Å². The zero-order valence-corrected chi connectivity index (χ0v) is 14.5. The lowest BCUT2D eigenvalue weighted by Gasteiger charge is -2.10. The Bertz CT molecular complexity index is 818. The average molecular weight is 373 g/mol. The molecule has 0 saturated carbocycles. The third-order valence-electron chi connectivity index (χ3n) is 2.95. The maximum atomic E-state index is 12.1. The fourth-order valence-corrected chi connectivity index (χ4v) is 3.41. The van der Waals surface area contributed by atoms with E-state index in [4.69, 9.17) is 23.2 Å². The van der Waals surface area contributed by atoms with Gasteiger partial charge in [0.1, 0.15) is 0 Å². The molecule has 23 heavy (non-hydrogen) atoms. The molecule has 0 aliphatic carbocycles. The van der Waals surface area contributed by atoms with Crippen LogP contribution in [0.3, 0.4) is 0 Å². The van der Waals surface area contributed by atoms with E-state index in [1.54, 1.807) is 37.3 Å². The quantitative estimate of drug-likeness (QED) is 0.845. The first kappa shape index (κ1) is 17.7. The van der Waals surface area contributed by atoms with Crippen molar-refractivity contribution in [2.24, 2.45) is 0 Å². The van der Waals surface area contributed by atoms with Gasteiger partial charge in [0.2, 0.25) is 15.9 Å². The minimum atomic E-state index is -3.77. The summed E-state index contributed by atoms with van der Waals surface area (Å²) in [6.45, 7) is 1.35. The van der Waals surface area contributed by atoms with Crippen LogP contribution in [-0.2, 0) is 14.8 Å². The number of halogens is 2. The van der Waals surface area contributed by atoms with Gasteiger partial charge in [-0.15, -0.1) is 0 Å². The second-order valence-corrected chi connectivity index (χ2v) is 7.37. The molecule has 2 N–H and O–H groups in total. The minimum absolute atomic E-state index is 0.0982. The van der Waals surface area contributed by atoms with Crippen molar-refractivity contribution in [2.45, 2.75) is 11.8 Å². The summed E-state index contributed by atoms with van der Waals surface area (Å²) in [5.74, 6) is -0.573. The van der Waals surface area contributed by atoms with Crippen LogP contribution in [-0.4, -0.2) is 20.9 Å². The van der Waals surface area contributed by atoms with Crippen LogP contribution in [0.2, 0.25) is 10.0 Å². The highest BCUT2D eigenvalue weighted by molar-refractivity contribution is 7.89. The molecule has 2 rings (SSSR count). The molecule has 8 heteroatoms. The number of carbonyl (C=O) groups excluding carboxylic acids is 1. The van der Waals surface area contributed by atoms with Crippen molar-refractivity contribution in [1.29, 1.82) is 0 Å². The van der Waals surface area contributed by atoms with Gasteiger partial charge in [0.25, 0.3) is 0 Å². The predicted molar refractivity (Wildman–Crippen MR) is 91.5 cm³/mol. The molecule has 0 unspecified atom stereocenters. The van der Waals surface area contributed by atoms with Gasteiger partial charge in [0, 0.05) is 0 Å². The van der Waals surface area contributed by atoms with Gasteiger partial charge >= 0.3 is 0 Å². The highest BCUT2D eigenvalue weighted by atomic mass is 35.5. The van der Waals surface area contributed by atoms with Gasteiger partial charge in [-0.3, -0.25) is 4.79 Å². The molecule has 2 aromatic carbocycles. The zero-order valence-electron chi connectivity index (χ0n) is 12.1. The molecule has 122 valence electrons. The Balaban J connectivity index is 2.04. The largest absolute Gasteiger partial charge is 0.322 e. The number of benzene rings is 2. The molecular formula is C15H14Cl2N2O3S. The van der Waals surface area contributed by atoms with Gasteiger partial charge in [-0.1, -0.05) is 41.4 Å². The Morgan fingerprint density at radius 1 is 1.09 bits per heavy atom. The van der Waals surface area contributed by atoms with E-state index in [-0.39, 0.29) is 20.6 Å². The highest BCUT2D eigenvalue weighted by Gasteiger charge is 2.16. The van der Waals surface area contributed by atoms with Gasteiger partial charge in [0.05, 0.1) is 27.2 Å². The summed E-state index contributed by atoms with van der Waals surface area (Å²) in [5.41, 5.74) is 1.05. The molecule has 2 aromatic rings. The normalized spacial score (nSPS) is 11.3. The van der Waals surface area contributed by atoms with Crippen LogP contribution in [0.1, 0.15) is 5.56 Å². The number of aryl methyl sites for hydroxylation is 1. The molecule has 0 heterocycles. The van der Waals surface area contributed by atoms with Crippen molar-refractivity contribution in [3.8, 4) is 0 Å². The van der Waals surface area contributed by atoms with Crippen molar-refractivity contribution in [3.05, 3.63) is 58.1 Å². The summed E-state index contributed by atoms with van der Waals surface area (Å²) in [4.78, 5) is 12.0. The Hall–Kier alpha value is -1.60. The van der Waals surface area contributed by atoms with Crippen LogP contribution in [0.25, 0.3) is 0 Å². The van der Waals surface area contributed by atoms with Gasteiger partial charge in [-0.25, -0.2) is 13.1 Å². The number of anilines is 1. The molecule has 0 fully saturated rings. The third kappa shape index (κ3) is 4.68. The molecule has 0 bridgehead atoms. The van der Waals surface area contributed by atoms with Crippen LogP contribution in [0.15, 0.2) is 47.4 Å². The number of carbonyl (C=O) groups is 1. The second kappa shape index (κ2) is 7.31. The van der Waals surface area contributed by atoms with Gasteiger partial charge in [0.15, 0.2) is 0 Å². The summed E-state index contributed by atoms with van der Waals surface area (Å²) in [5, 5.41) is 3.03. The van der Waals surface area contributed by atoms with E-state index in [1.165, 1.54) is 12.1 Å². The first-order chi connectivity index (χ1) is 10.8. The number of rotatable bonds is 5. The van der Waals surface area contributed by atoms with Gasteiger partial charge in [-0.2, -0.15) is 0 Å². The number of nitrogens with one attached hydrogen (secondary N) is 2. The molecule has 0 radical (unpaired) electrons. The second-order valence-electron chi connectivity index (χ2n) is 4.79. The SMILES string of the molecule is Cc1cccc(S(=O)(=O)NCC(=O)Nc2c(Cl)cccc2Cl)c1. The Morgan fingerprint density at radius 3 is 2.30 bits per heavy atom. The molecule has 0 spiro atoms. The zero-order chi connectivity index (χ0) is 17.0. The number of amides is 1. The predicted octanol–water partition coefficient (Wildman–Crippen LogP) is 3.22. The van der Waals surface area contributed by atoms with Gasteiger partial charge in [-0.05, 0) is 36.8 Å². The van der Waals surface area contributed by atoms with Crippen molar-refractivity contribution in [2.75, 3.05) is 11.9 Å². The molecule has 0 aromatic heterocycles. The summed E-state index contributed by atoms with van der Waals surface area (Å²) in [6.07, 6.45) is 0. The maximum Gasteiger partial charge on any atom is 0.241 e. The van der Waals surface area contributed by atoms with Crippen LogP contribution in [0.4, 0.5) is 5.69 Å². The Kier molecular flexibility index (Phi) is 5.64. The average Bonchev–Trinajstić information content (AvgIpc) is 2.49. The summed E-state index contributed by atoms with van der Waals surface area (Å²) in [6, 6.07) is 11.2. The minimum Gasteiger partial charge on any atom is -0.322 e. The van der Waals surface area contributed by atoms with Crippen molar-refractivity contribution in [1.82, 2.24) is 4.72 Å². The van der Waals surface area contributed by atoms with E-state index in [0.29, 0.717) is 0 Å². The lowest BCUT2D eigenvalue weighted by molar-refractivity contribution is -0.115. The monoisotopic (exact) mass is 372 g/mol. The van der Waals surface area contributed by atoms with Crippen LogP contribution < -0.4 is 10.0 Å². The molecular weight excluding hydrogens is 359 g/mol. The van der Waals surface area contributed by atoms with Crippen molar-refractivity contribution in [3.63, 3.8) is 0 Å². The standard InChI is InChI=1S/C15H14Cl2N2O3S/c1-10-4-2-5-11(8-10)23(21,22)18-9-14(20)19-15-12(16)6-3-7-13(15)17/h2-8,18H,9H2,1H3,(H,19,20). The van der Waals surface area contributed by atoms with E-state index in [9.17, 15) is 13.2 Å². The fourth-order valence-electron chi connectivity index (χ4n) is 1.83. The first-order valence-electron chi connectivity index (χ1n) is 6.60. The molecule has 5 nitrogen and oxygen atoms in total. The number of hydrogen-bond donors (Lipinski definition) is 2. The van der Waals surface area contributed by atoms with Crippen molar-refractivity contribution >= 4 is 44.8 Å². The van der Waals surface area contributed by atoms with Gasteiger partial charge < -0.3 is 5.32 Å².